The Hall–Kier alpha value is -4.48. The summed E-state index contributed by atoms with van der Waals surface area (Å²) in [4.78, 5) is 22.8. The van der Waals surface area contributed by atoms with Crippen molar-refractivity contribution in [3.05, 3.63) is 42.7 Å². The van der Waals surface area contributed by atoms with Gasteiger partial charge in [-0.05, 0) is 51.8 Å². The number of carbonyl (C=O) groups is 1. The Kier molecular flexibility index (Phi) is 6.70. The third-order valence-electron chi connectivity index (χ3n) is 6.14. The fourth-order valence-corrected chi connectivity index (χ4v) is 4.43. The fourth-order valence-electron chi connectivity index (χ4n) is 4.43. The highest BCUT2D eigenvalue weighted by Gasteiger charge is 2.26. The van der Waals surface area contributed by atoms with Crippen LogP contribution in [-0.4, -0.2) is 66.3 Å². The molecule has 1 aliphatic heterocycles. The molecule has 1 saturated heterocycles. The molecule has 4 heterocycles. The molecule has 0 radical (unpaired) electrons. The third kappa shape index (κ3) is 5.43. The monoisotopic (exact) mass is 518 g/mol. The summed E-state index contributed by atoms with van der Waals surface area (Å²) in [5.41, 5.74) is 8.05. The molecule has 1 aliphatic rings. The molecule has 0 saturated carbocycles. The molecule has 0 bridgehead atoms. The third-order valence-corrected chi connectivity index (χ3v) is 6.14. The molecule has 1 aromatic carbocycles. The smallest absolute Gasteiger partial charge is 0.344 e. The van der Waals surface area contributed by atoms with Crippen LogP contribution in [0.25, 0.3) is 22.3 Å². The maximum atomic E-state index is 11.9. The summed E-state index contributed by atoms with van der Waals surface area (Å²) < 4.78 is 12.6. The van der Waals surface area contributed by atoms with E-state index in [4.69, 9.17) is 15.2 Å². The van der Waals surface area contributed by atoms with Crippen molar-refractivity contribution in [3.63, 3.8) is 0 Å². The standard InChI is InChI=1S/C26H30N8O4/c1-26(2,3)38-22(36)15-37-17-13-28-25(29-14-17)33-10-8-16(9-11-33)34-20-12-19(18-6-4-5-7-21(18)35)30-31-23(20)24(27)32-34/h4-7,12-14,16,35H,8-11,15H2,1-3H3,(H2,27,32). The second kappa shape index (κ2) is 10.1. The highest BCUT2D eigenvalue weighted by atomic mass is 16.6. The number of aromatic nitrogens is 6. The quantitative estimate of drug-likeness (QED) is 0.362. The average Bonchev–Trinajstić information content (AvgIpc) is 3.23. The first-order valence-corrected chi connectivity index (χ1v) is 12.4. The number of hydrogen-bond acceptors (Lipinski definition) is 11. The Morgan fingerprint density at radius 3 is 2.53 bits per heavy atom. The summed E-state index contributed by atoms with van der Waals surface area (Å²) in [6.45, 7) is 6.64. The Labute approximate surface area is 219 Å². The molecule has 5 rings (SSSR count). The number of esters is 1. The molecule has 12 heteroatoms. The first-order chi connectivity index (χ1) is 18.2. The average molecular weight is 519 g/mol. The lowest BCUT2D eigenvalue weighted by atomic mass is 10.1. The van der Waals surface area contributed by atoms with Crippen molar-refractivity contribution in [2.75, 3.05) is 30.3 Å². The maximum absolute atomic E-state index is 11.9. The number of benzene rings is 1. The number of phenols is 1. The Morgan fingerprint density at radius 2 is 1.84 bits per heavy atom. The Bertz CT molecular complexity index is 1440. The van der Waals surface area contributed by atoms with E-state index in [1.54, 1.807) is 51.4 Å². The van der Waals surface area contributed by atoms with Crippen molar-refractivity contribution < 1.29 is 19.4 Å². The molecule has 0 unspecified atom stereocenters. The molecule has 38 heavy (non-hydrogen) atoms. The number of hydrogen-bond donors (Lipinski definition) is 2. The highest BCUT2D eigenvalue weighted by Crippen LogP contribution is 2.33. The zero-order valence-electron chi connectivity index (χ0n) is 21.5. The lowest BCUT2D eigenvalue weighted by molar-refractivity contribution is -0.157. The van der Waals surface area contributed by atoms with E-state index in [-0.39, 0.29) is 18.4 Å². The van der Waals surface area contributed by atoms with Gasteiger partial charge in [-0.2, -0.15) is 5.10 Å². The van der Waals surface area contributed by atoms with E-state index in [1.165, 1.54) is 0 Å². The van der Waals surface area contributed by atoms with Crippen molar-refractivity contribution in [1.82, 2.24) is 29.9 Å². The minimum Gasteiger partial charge on any atom is -0.507 e. The van der Waals surface area contributed by atoms with Gasteiger partial charge in [-0.15, -0.1) is 10.2 Å². The lowest BCUT2D eigenvalue weighted by Gasteiger charge is -2.32. The van der Waals surface area contributed by atoms with E-state index in [2.05, 4.69) is 30.2 Å². The molecule has 198 valence electrons. The molecule has 12 nitrogen and oxygen atoms in total. The molecule has 0 amide bonds. The van der Waals surface area contributed by atoms with E-state index in [1.807, 2.05) is 16.8 Å². The summed E-state index contributed by atoms with van der Waals surface area (Å²) >= 11 is 0. The van der Waals surface area contributed by atoms with Crippen LogP contribution in [0.3, 0.4) is 0 Å². The summed E-state index contributed by atoms with van der Waals surface area (Å²) in [6.07, 6.45) is 4.70. The van der Waals surface area contributed by atoms with Gasteiger partial charge in [-0.25, -0.2) is 14.8 Å². The first kappa shape index (κ1) is 25.2. The van der Waals surface area contributed by atoms with Crippen LogP contribution < -0.4 is 15.4 Å². The van der Waals surface area contributed by atoms with Gasteiger partial charge in [-0.1, -0.05) is 12.1 Å². The van der Waals surface area contributed by atoms with Crippen molar-refractivity contribution in [3.8, 4) is 22.8 Å². The van der Waals surface area contributed by atoms with Gasteiger partial charge in [0.25, 0.3) is 0 Å². The van der Waals surface area contributed by atoms with E-state index in [0.29, 0.717) is 34.3 Å². The lowest BCUT2D eigenvalue weighted by Crippen LogP contribution is -2.36. The molecular formula is C26H30N8O4. The minimum absolute atomic E-state index is 0.101. The number of nitrogens with zero attached hydrogens (tertiary/aromatic N) is 7. The second-order valence-electron chi connectivity index (χ2n) is 10.1. The van der Waals surface area contributed by atoms with Crippen LogP contribution in [0.1, 0.15) is 39.7 Å². The summed E-state index contributed by atoms with van der Waals surface area (Å²) in [7, 11) is 0. The number of phenolic OH excluding ortho intramolecular Hbond substituents is 1. The Morgan fingerprint density at radius 1 is 1.13 bits per heavy atom. The van der Waals surface area contributed by atoms with E-state index < -0.39 is 11.6 Å². The summed E-state index contributed by atoms with van der Waals surface area (Å²) in [5, 5.41) is 23.3. The number of rotatable bonds is 6. The first-order valence-electron chi connectivity index (χ1n) is 12.4. The van der Waals surface area contributed by atoms with Crippen LogP contribution in [-0.2, 0) is 9.53 Å². The van der Waals surface area contributed by atoms with Gasteiger partial charge in [-0.3, -0.25) is 4.68 Å². The second-order valence-corrected chi connectivity index (χ2v) is 10.1. The Balaban J connectivity index is 1.24. The van der Waals surface area contributed by atoms with Crippen LogP contribution in [0, 0.1) is 0 Å². The van der Waals surface area contributed by atoms with E-state index in [9.17, 15) is 9.90 Å². The number of carbonyl (C=O) groups excluding carboxylic acids is 1. The summed E-state index contributed by atoms with van der Waals surface area (Å²) in [5.74, 6) is 0.993. The number of nitrogens with two attached hydrogens (primary N) is 1. The maximum Gasteiger partial charge on any atom is 0.344 e. The van der Waals surface area contributed by atoms with Gasteiger partial charge in [0.1, 0.15) is 11.4 Å². The highest BCUT2D eigenvalue weighted by molar-refractivity contribution is 5.87. The van der Waals surface area contributed by atoms with E-state index in [0.717, 1.165) is 31.4 Å². The van der Waals surface area contributed by atoms with Gasteiger partial charge in [0.2, 0.25) is 5.95 Å². The van der Waals surface area contributed by atoms with Gasteiger partial charge in [0, 0.05) is 18.7 Å². The van der Waals surface area contributed by atoms with Crippen LogP contribution in [0.2, 0.25) is 0 Å². The van der Waals surface area contributed by atoms with Crippen molar-refractivity contribution in [2.45, 2.75) is 45.3 Å². The molecule has 1 fully saturated rings. The van der Waals surface area contributed by atoms with Gasteiger partial charge < -0.3 is 25.2 Å². The molecule has 0 atom stereocenters. The number of nitrogen functional groups attached to an aromatic ring is 1. The fraction of sp³-hybridized carbons (Fsp3) is 0.385. The zero-order chi connectivity index (χ0) is 26.9. The minimum atomic E-state index is -0.568. The number of anilines is 2. The molecule has 0 spiro atoms. The number of para-hydroxylation sites is 1. The predicted octanol–water partition coefficient (Wildman–Crippen LogP) is 3.13. The van der Waals surface area contributed by atoms with Crippen molar-refractivity contribution in [2.24, 2.45) is 0 Å². The number of aromatic hydroxyl groups is 1. The molecule has 4 aromatic rings. The van der Waals surface area contributed by atoms with Crippen molar-refractivity contribution >= 4 is 28.8 Å². The van der Waals surface area contributed by atoms with Crippen LogP contribution in [0.15, 0.2) is 42.7 Å². The molecule has 3 N–H and O–H groups in total. The summed E-state index contributed by atoms with van der Waals surface area (Å²) in [6, 6.07) is 8.97. The van der Waals surface area contributed by atoms with E-state index >= 15 is 0 Å². The largest absolute Gasteiger partial charge is 0.507 e. The molecule has 0 aliphatic carbocycles. The number of fused-ring (bicyclic) bond motifs is 1. The van der Waals surface area contributed by atoms with Crippen LogP contribution in [0.4, 0.5) is 11.8 Å². The normalized spacial score (nSPS) is 14.6. The predicted molar refractivity (Wildman–Crippen MR) is 141 cm³/mol. The van der Waals surface area contributed by atoms with Crippen LogP contribution in [0.5, 0.6) is 11.5 Å². The van der Waals surface area contributed by atoms with Crippen LogP contribution >= 0.6 is 0 Å². The van der Waals surface area contributed by atoms with Gasteiger partial charge >= 0.3 is 5.97 Å². The van der Waals surface area contributed by atoms with Gasteiger partial charge in [0.15, 0.2) is 23.7 Å². The SMILES string of the molecule is CC(C)(C)OC(=O)COc1cnc(N2CCC(n3nc(N)c4nnc(-c5ccccc5O)cc43)CC2)nc1. The molecular weight excluding hydrogens is 488 g/mol. The topological polar surface area (TPSA) is 154 Å². The van der Waals surface area contributed by atoms with Gasteiger partial charge in [0.05, 0.1) is 29.6 Å². The number of piperidine rings is 1. The van der Waals surface area contributed by atoms with Crippen molar-refractivity contribution in [1.29, 1.82) is 0 Å². The number of ether oxygens (including phenoxy) is 2. The molecule has 3 aromatic heterocycles. The zero-order valence-corrected chi connectivity index (χ0v) is 21.5.